The molecule has 62 heavy (non-hydrogen) atoms. The lowest BCUT2D eigenvalue weighted by molar-refractivity contribution is -0.388. The highest BCUT2D eigenvalue weighted by Gasteiger charge is 2.69. The summed E-state index contributed by atoms with van der Waals surface area (Å²) in [6, 6.07) is 0. The average molecular weight is 885 g/mol. The highest BCUT2D eigenvalue weighted by atomic mass is 16.8. The van der Waals surface area contributed by atoms with Crippen LogP contribution in [0.3, 0.4) is 0 Å². The first-order chi connectivity index (χ1) is 29.4. The van der Waals surface area contributed by atoms with Gasteiger partial charge in [-0.25, -0.2) is 0 Å². The molecule has 8 fully saturated rings. The van der Waals surface area contributed by atoms with Crippen molar-refractivity contribution in [1.82, 2.24) is 0 Å². The summed E-state index contributed by atoms with van der Waals surface area (Å²) in [6.07, 6.45) is -11.2. The average Bonchev–Trinajstić information content (AvgIpc) is 3.70. The Morgan fingerprint density at radius 2 is 1.34 bits per heavy atom. The molecule has 4 unspecified atom stereocenters. The fraction of sp³-hybridized carbons (Fsp3) is 0.956. The van der Waals surface area contributed by atoms with Gasteiger partial charge in [-0.05, 0) is 99.7 Å². The zero-order valence-corrected chi connectivity index (χ0v) is 36.6. The highest BCUT2D eigenvalue weighted by Crippen LogP contribution is 2.70. The van der Waals surface area contributed by atoms with Crippen molar-refractivity contribution in [3.05, 3.63) is 11.6 Å². The van der Waals surface area contributed by atoms with Crippen LogP contribution in [0.25, 0.3) is 0 Å². The molecule has 4 aliphatic carbocycles. The second kappa shape index (κ2) is 17.3. The normalized spacial score (nSPS) is 57.6. The third kappa shape index (κ3) is 7.49. The fourth-order valence-corrected chi connectivity index (χ4v) is 14.1. The molecule has 9 N–H and O–H groups in total. The van der Waals surface area contributed by atoms with Crippen LogP contribution in [-0.2, 0) is 37.9 Å². The van der Waals surface area contributed by atoms with E-state index in [1.165, 1.54) is 19.4 Å². The Balaban J connectivity index is 0.911. The molecule has 0 bridgehead atoms. The van der Waals surface area contributed by atoms with Crippen LogP contribution in [0.15, 0.2) is 11.6 Å². The molecule has 5 saturated heterocycles. The lowest BCUT2D eigenvalue weighted by Crippen LogP contribution is -2.66. The summed E-state index contributed by atoms with van der Waals surface area (Å²) in [5.74, 6) is 1.89. The minimum Gasteiger partial charge on any atom is -0.396 e. The van der Waals surface area contributed by atoms with Gasteiger partial charge >= 0.3 is 0 Å². The Morgan fingerprint density at radius 1 is 0.677 bits per heavy atom. The van der Waals surface area contributed by atoms with Crippen LogP contribution in [0, 0.1) is 46.3 Å². The van der Waals surface area contributed by atoms with Gasteiger partial charge < -0.3 is 83.9 Å². The van der Waals surface area contributed by atoms with Crippen LogP contribution in [0.4, 0.5) is 0 Å². The van der Waals surface area contributed by atoms with E-state index in [9.17, 15) is 46.0 Å². The Kier molecular flexibility index (Phi) is 12.9. The molecule has 354 valence electrons. The maximum absolute atomic E-state index is 12.0. The van der Waals surface area contributed by atoms with Crippen LogP contribution >= 0.6 is 0 Å². The predicted octanol–water partition coefficient (Wildman–Crippen LogP) is 0.214. The first kappa shape index (κ1) is 46.2. The van der Waals surface area contributed by atoms with E-state index >= 15 is 0 Å². The summed E-state index contributed by atoms with van der Waals surface area (Å²) in [5.41, 5.74) is 1.44. The van der Waals surface area contributed by atoms with E-state index in [0.29, 0.717) is 43.1 Å². The van der Waals surface area contributed by atoms with Crippen LogP contribution in [0.2, 0.25) is 0 Å². The third-order valence-electron chi connectivity index (χ3n) is 17.8. The molecule has 5 heterocycles. The van der Waals surface area contributed by atoms with Gasteiger partial charge in [-0.2, -0.15) is 0 Å². The Morgan fingerprint density at radius 3 is 1.95 bits per heavy atom. The molecule has 26 atom stereocenters. The van der Waals surface area contributed by atoms with Crippen molar-refractivity contribution in [2.45, 2.75) is 203 Å². The number of hydrogen-bond acceptors (Lipinski definition) is 17. The van der Waals surface area contributed by atoms with Crippen molar-refractivity contribution in [2.75, 3.05) is 19.8 Å². The van der Waals surface area contributed by atoms with Crippen LogP contribution in [0.1, 0.15) is 92.4 Å². The monoisotopic (exact) mass is 884 g/mol. The Labute approximate surface area is 363 Å². The molecular weight excluding hydrogens is 812 g/mol. The molecule has 9 aliphatic rings. The van der Waals surface area contributed by atoms with Crippen LogP contribution in [0.5, 0.6) is 0 Å². The summed E-state index contributed by atoms with van der Waals surface area (Å²) in [6.45, 7) is 10.3. The first-order valence-corrected chi connectivity index (χ1v) is 23.4. The largest absolute Gasteiger partial charge is 0.396 e. The summed E-state index contributed by atoms with van der Waals surface area (Å²) < 4.78 is 50.0. The van der Waals surface area contributed by atoms with Gasteiger partial charge in [0.05, 0.1) is 37.6 Å². The summed E-state index contributed by atoms with van der Waals surface area (Å²) in [7, 11) is 0. The molecule has 0 amide bonds. The summed E-state index contributed by atoms with van der Waals surface area (Å²) in [5, 5.41) is 95.6. The van der Waals surface area contributed by atoms with Crippen molar-refractivity contribution < 1.29 is 83.9 Å². The smallest absolute Gasteiger partial charge is 0.187 e. The fourth-order valence-electron chi connectivity index (χ4n) is 14.1. The van der Waals surface area contributed by atoms with Gasteiger partial charge in [-0.1, -0.05) is 32.4 Å². The second-order valence-corrected chi connectivity index (χ2v) is 21.0. The van der Waals surface area contributed by atoms with Crippen molar-refractivity contribution in [2.24, 2.45) is 46.3 Å². The third-order valence-corrected chi connectivity index (χ3v) is 17.8. The summed E-state index contributed by atoms with van der Waals surface area (Å²) >= 11 is 0. The summed E-state index contributed by atoms with van der Waals surface area (Å²) in [4.78, 5) is 0. The number of aliphatic hydroxyl groups excluding tert-OH is 9. The van der Waals surface area contributed by atoms with Crippen molar-refractivity contribution in [3.63, 3.8) is 0 Å². The maximum Gasteiger partial charge on any atom is 0.187 e. The van der Waals surface area contributed by atoms with E-state index in [-0.39, 0.29) is 41.5 Å². The molecule has 0 radical (unpaired) electrons. The number of hydrogen-bond donors (Lipinski definition) is 9. The minimum absolute atomic E-state index is 0.0417. The molecule has 0 aromatic carbocycles. The number of aliphatic hydroxyl groups is 9. The molecule has 9 rings (SSSR count). The van der Waals surface area contributed by atoms with Crippen LogP contribution in [-0.4, -0.2) is 176 Å². The molecule has 0 aromatic rings. The lowest BCUT2D eigenvalue weighted by Gasteiger charge is -2.59. The van der Waals surface area contributed by atoms with E-state index in [1.807, 2.05) is 0 Å². The van der Waals surface area contributed by atoms with Crippen molar-refractivity contribution in [3.8, 4) is 0 Å². The van der Waals surface area contributed by atoms with Gasteiger partial charge in [0.15, 0.2) is 24.7 Å². The molecule has 17 heteroatoms. The zero-order valence-electron chi connectivity index (χ0n) is 36.6. The van der Waals surface area contributed by atoms with Gasteiger partial charge in [0.2, 0.25) is 0 Å². The van der Waals surface area contributed by atoms with Gasteiger partial charge in [-0.15, -0.1) is 0 Å². The molecule has 17 nitrogen and oxygen atoms in total. The van der Waals surface area contributed by atoms with E-state index in [2.05, 4.69) is 26.8 Å². The number of fused-ring (bicyclic) bond motifs is 7. The lowest BCUT2D eigenvalue weighted by atomic mass is 9.47. The van der Waals surface area contributed by atoms with E-state index in [1.54, 1.807) is 0 Å². The zero-order chi connectivity index (χ0) is 44.2. The molecule has 5 aliphatic heterocycles. The first-order valence-electron chi connectivity index (χ1n) is 23.4. The van der Waals surface area contributed by atoms with Crippen LogP contribution < -0.4 is 0 Å². The quantitative estimate of drug-likeness (QED) is 0.148. The maximum atomic E-state index is 12.0. The Hall–Kier alpha value is -0.940. The SMILES string of the molecule is C[C@@H]1O[C@@H](O[C@H]2[C@H](O[C@H]3CC[C@@]4(C)C(=CCC5C4CC[C@@]4(C)C5C[C@@H]5O[C@]6(CCC(CO)CO6)[C@@H](C)[C@@H]54)C3)O[C@H](CO)[C@@H](O[C@@H]3O[C@@H](C)[C@H](O)[C@@H](O)[C@H]3O)[C@@H]2O)[C@H](O)[C@H](O)[C@H]1O. The topological polar surface area (TPSA) is 256 Å². The van der Waals surface area contributed by atoms with Crippen molar-refractivity contribution in [1.29, 1.82) is 0 Å². The number of allylic oxidation sites excluding steroid dienone is 1. The molecule has 3 saturated carbocycles. The van der Waals surface area contributed by atoms with E-state index in [4.69, 9.17) is 37.9 Å². The molecule has 1 spiro atoms. The second-order valence-electron chi connectivity index (χ2n) is 21.0. The standard InChI is InChI=1S/C45H72O17/c1-19-30-28(62-45(19)13-8-22(16-46)18-55-45)15-27-25-7-6-23-14-24(9-11-43(23,4)26(25)10-12-44(27,30)5)58-42-39(61-41-36(53)34(51)32(49)21(3)57-41)37(54)38(29(17-47)59-42)60-40-35(52)33(50)31(48)20(2)56-40/h6,19-22,24-42,46-54H,7-18H2,1-5H3/t19-,20-,21-,22?,24-,25?,26?,27?,28-,29+,30-,31-,32-,33+,34+,35+,36+,37-,38+,39+,40-,41-,42+,43-,44-,45+/m0/s1. The number of rotatable bonds is 8. The van der Waals surface area contributed by atoms with E-state index in [0.717, 1.165) is 44.9 Å². The predicted molar refractivity (Wildman–Crippen MR) is 214 cm³/mol. The minimum atomic E-state index is -1.71. The van der Waals surface area contributed by atoms with Gasteiger partial charge in [-0.3, -0.25) is 0 Å². The van der Waals surface area contributed by atoms with Gasteiger partial charge in [0.1, 0.15) is 61.0 Å². The Bertz CT molecular complexity index is 1610. The molecule has 0 aromatic heterocycles. The highest BCUT2D eigenvalue weighted by molar-refractivity contribution is 5.26. The van der Waals surface area contributed by atoms with Gasteiger partial charge in [0.25, 0.3) is 0 Å². The van der Waals surface area contributed by atoms with E-state index < -0.39 is 105 Å². The number of ether oxygens (including phenoxy) is 8. The van der Waals surface area contributed by atoms with Gasteiger partial charge in [0, 0.05) is 24.9 Å². The van der Waals surface area contributed by atoms with Crippen molar-refractivity contribution >= 4 is 0 Å². The molecular formula is C45H72O17.